The lowest BCUT2D eigenvalue weighted by Gasteiger charge is -2.12. The van der Waals surface area contributed by atoms with Crippen LogP contribution >= 0.6 is 11.6 Å². The lowest BCUT2D eigenvalue weighted by Crippen LogP contribution is -2.05. The van der Waals surface area contributed by atoms with Gasteiger partial charge < -0.3 is 15.7 Å². The molecule has 0 aliphatic rings. The minimum Gasteiger partial charge on any atom is -0.478 e. The largest absolute Gasteiger partial charge is 0.478 e. The molecule has 0 unspecified atom stereocenters. The first-order valence-electron chi connectivity index (χ1n) is 8.50. The number of fused-ring (bicyclic) bond motifs is 1. The molecule has 4 aromatic rings. The number of aldehydes is 1. The molecule has 4 rings (SSSR count). The van der Waals surface area contributed by atoms with Crippen LogP contribution in [0.1, 0.15) is 20.7 Å². The molecule has 8 nitrogen and oxygen atoms in total. The number of carboxylic acids is 1. The zero-order valence-corrected chi connectivity index (χ0v) is 15.6. The summed E-state index contributed by atoms with van der Waals surface area (Å²) in [5, 5.41) is 20.2. The Labute approximate surface area is 169 Å². The van der Waals surface area contributed by atoms with Crippen LogP contribution in [-0.2, 0) is 0 Å². The van der Waals surface area contributed by atoms with E-state index >= 15 is 0 Å². The highest BCUT2D eigenvalue weighted by Crippen LogP contribution is 2.25. The van der Waals surface area contributed by atoms with Crippen LogP contribution in [0.2, 0.25) is 5.02 Å². The van der Waals surface area contributed by atoms with Crippen molar-refractivity contribution in [3.63, 3.8) is 0 Å². The van der Waals surface area contributed by atoms with Crippen molar-refractivity contribution in [2.24, 2.45) is 0 Å². The van der Waals surface area contributed by atoms with Crippen molar-refractivity contribution in [3.8, 4) is 0 Å². The van der Waals surface area contributed by atoms with E-state index in [9.17, 15) is 14.7 Å². The number of anilines is 4. The van der Waals surface area contributed by atoms with Gasteiger partial charge in [-0.3, -0.25) is 4.79 Å². The molecule has 2 heterocycles. The summed E-state index contributed by atoms with van der Waals surface area (Å²) in [5.41, 5.74) is 2.09. The average molecular weight is 408 g/mol. The maximum absolute atomic E-state index is 11.4. The second-order valence-electron chi connectivity index (χ2n) is 6.13. The van der Waals surface area contributed by atoms with Crippen LogP contribution in [0, 0.1) is 0 Å². The Bertz CT molecular complexity index is 1240. The van der Waals surface area contributed by atoms with E-state index in [2.05, 4.69) is 20.7 Å². The van der Waals surface area contributed by atoms with Crippen LogP contribution < -0.4 is 10.6 Å². The first-order valence-corrected chi connectivity index (χ1v) is 8.88. The third-order valence-corrected chi connectivity index (χ3v) is 4.34. The Morgan fingerprint density at radius 2 is 1.83 bits per heavy atom. The van der Waals surface area contributed by atoms with Crippen molar-refractivity contribution in [2.75, 3.05) is 10.6 Å². The van der Waals surface area contributed by atoms with Gasteiger partial charge >= 0.3 is 5.97 Å². The number of carboxylic acid groups (broad SMARTS) is 1. The Morgan fingerprint density at radius 3 is 2.55 bits per heavy atom. The van der Waals surface area contributed by atoms with E-state index in [4.69, 9.17) is 11.6 Å². The van der Waals surface area contributed by atoms with Crippen LogP contribution in [0.3, 0.4) is 0 Å². The summed E-state index contributed by atoms with van der Waals surface area (Å²) in [4.78, 5) is 27.1. The molecule has 2 aromatic heterocycles. The van der Waals surface area contributed by atoms with Crippen LogP contribution in [-0.4, -0.2) is 32.0 Å². The summed E-state index contributed by atoms with van der Waals surface area (Å²) in [6.07, 6.45) is 2.09. The first kappa shape index (κ1) is 18.5. The number of carbonyl (C=O) groups is 2. The Morgan fingerprint density at radius 1 is 1.07 bits per heavy atom. The molecule has 3 N–H and O–H groups in total. The minimum absolute atomic E-state index is 0.145. The summed E-state index contributed by atoms with van der Waals surface area (Å²) in [6, 6.07) is 15.2. The molecule has 0 spiro atoms. The maximum atomic E-state index is 11.4. The molecule has 9 heteroatoms. The molecule has 0 atom stereocenters. The maximum Gasteiger partial charge on any atom is 0.335 e. The fourth-order valence-corrected chi connectivity index (χ4v) is 3.00. The van der Waals surface area contributed by atoms with Gasteiger partial charge in [0.15, 0.2) is 11.9 Å². The Kier molecular flexibility index (Phi) is 4.84. The molecule has 0 aliphatic carbocycles. The van der Waals surface area contributed by atoms with Gasteiger partial charge in [0.25, 0.3) is 0 Å². The number of rotatable bonds is 6. The van der Waals surface area contributed by atoms with Crippen molar-refractivity contribution in [1.82, 2.24) is 14.6 Å². The van der Waals surface area contributed by atoms with Gasteiger partial charge in [-0.1, -0.05) is 23.7 Å². The number of hydrogen-bond acceptors (Lipinski definition) is 6. The summed E-state index contributed by atoms with van der Waals surface area (Å²) in [7, 11) is 0. The minimum atomic E-state index is -1.03. The molecular weight excluding hydrogens is 394 g/mol. The quantitative estimate of drug-likeness (QED) is 0.407. The number of benzene rings is 2. The molecule has 2 aromatic carbocycles. The second kappa shape index (κ2) is 7.61. The molecule has 0 bridgehead atoms. The van der Waals surface area contributed by atoms with E-state index in [0.29, 0.717) is 39.8 Å². The molecule has 0 saturated heterocycles. The van der Waals surface area contributed by atoms with Crippen LogP contribution in [0.15, 0.2) is 60.8 Å². The predicted molar refractivity (Wildman–Crippen MR) is 110 cm³/mol. The third-order valence-electron chi connectivity index (χ3n) is 4.11. The first-order chi connectivity index (χ1) is 14.0. The predicted octanol–water partition coefficient (Wildman–Crippen LogP) is 4.38. The van der Waals surface area contributed by atoms with Crippen LogP contribution in [0.4, 0.5) is 23.0 Å². The van der Waals surface area contributed by atoms with Crippen molar-refractivity contribution in [2.45, 2.75) is 0 Å². The topological polar surface area (TPSA) is 109 Å². The fourth-order valence-electron chi connectivity index (χ4n) is 2.81. The second-order valence-corrected chi connectivity index (χ2v) is 6.56. The molecular formula is C20H14ClN5O3. The van der Waals surface area contributed by atoms with Crippen LogP contribution in [0.5, 0.6) is 0 Å². The smallest absolute Gasteiger partial charge is 0.335 e. The van der Waals surface area contributed by atoms with Gasteiger partial charge in [0, 0.05) is 22.5 Å². The van der Waals surface area contributed by atoms with Gasteiger partial charge in [0.1, 0.15) is 11.6 Å². The molecule has 29 heavy (non-hydrogen) atoms. The molecule has 0 fully saturated rings. The van der Waals surface area contributed by atoms with Crippen LogP contribution in [0.25, 0.3) is 5.65 Å². The lowest BCUT2D eigenvalue weighted by molar-refractivity contribution is 0.0696. The highest BCUT2D eigenvalue weighted by atomic mass is 35.5. The molecule has 0 aliphatic heterocycles. The molecule has 0 radical (unpaired) electrons. The van der Waals surface area contributed by atoms with Gasteiger partial charge in [-0.25, -0.2) is 9.78 Å². The summed E-state index contributed by atoms with van der Waals surface area (Å²) >= 11 is 6.03. The van der Waals surface area contributed by atoms with Gasteiger partial charge in [-0.05, 0) is 36.4 Å². The molecule has 144 valence electrons. The van der Waals surface area contributed by atoms with Gasteiger partial charge in [0.2, 0.25) is 0 Å². The van der Waals surface area contributed by atoms with Crippen molar-refractivity contribution in [1.29, 1.82) is 0 Å². The Hall–Kier alpha value is -3.91. The van der Waals surface area contributed by atoms with Gasteiger partial charge in [0.05, 0.1) is 17.3 Å². The van der Waals surface area contributed by atoms with E-state index in [1.807, 2.05) is 6.07 Å². The number of aromatic carboxylic acids is 1. The van der Waals surface area contributed by atoms with E-state index in [-0.39, 0.29) is 5.56 Å². The lowest BCUT2D eigenvalue weighted by atomic mass is 10.2. The summed E-state index contributed by atoms with van der Waals surface area (Å²) in [5.74, 6) is -0.0745. The summed E-state index contributed by atoms with van der Waals surface area (Å²) < 4.78 is 1.47. The number of halogens is 1. The monoisotopic (exact) mass is 407 g/mol. The Balaban J connectivity index is 1.77. The van der Waals surface area contributed by atoms with Crippen molar-refractivity contribution < 1.29 is 14.7 Å². The number of nitrogens with one attached hydrogen (secondary N) is 2. The number of hydrogen-bond donors (Lipinski definition) is 3. The highest BCUT2D eigenvalue weighted by molar-refractivity contribution is 6.30. The standard InChI is InChI=1S/C20H14ClN5O3/c21-14-4-2-6-16(8-14)23-17-9-18(26-19(25-17)13(11-27)10-22-26)24-15-5-1-3-12(7-15)20(28)29/h1-11,24H,(H,23,25)(H,28,29). The van der Waals surface area contributed by atoms with E-state index in [1.54, 1.807) is 36.4 Å². The average Bonchev–Trinajstić information content (AvgIpc) is 3.11. The van der Waals surface area contributed by atoms with Gasteiger partial charge in [-0.15, -0.1) is 0 Å². The van der Waals surface area contributed by atoms with E-state index < -0.39 is 5.97 Å². The number of carbonyl (C=O) groups excluding carboxylic acids is 1. The normalized spacial score (nSPS) is 10.7. The zero-order chi connectivity index (χ0) is 20.4. The summed E-state index contributed by atoms with van der Waals surface area (Å²) in [6.45, 7) is 0. The van der Waals surface area contributed by atoms with Crippen molar-refractivity contribution in [3.05, 3.63) is 76.9 Å². The zero-order valence-electron chi connectivity index (χ0n) is 14.8. The highest BCUT2D eigenvalue weighted by Gasteiger charge is 2.13. The third kappa shape index (κ3) is 3.87. The van der Waals surface area contributed by atoms with Crippen molar-refractivity contribution >= 4 is 52.5 Å². The van der Waals surface area contributed by atoms with E-state index in [0.717, 1.165) is 5.69 Å². The number of nitrogens with zero attached hydrogens (tertiary/aromatic N) is 3. The SMILES string of the molecule is O=Cc1cnn2c(Nc3cccc(C(=O)O)c3)cc(Nc3cccc(Cl)c3)nc12. The van der Waals surface area contributed by atoms with E-state index in [1.165, 1.54) is 22.8 Å². The fraction of sp³-hybridized carbons (Fsp3) is 0. The van der Waals surface area contributed by atoms with Gasteiger partial charge in [-0.2, -0.15) is 9.61 Å². The molecule has 0 saturated carbocycles. The number of aromatic nitrogens is 3. The molecule has 0 amide bonds.